The van der Waals surface area contributed by atoms with E-state index in [1.165, 1.54) is 14.0 Å². The second kappa shape index (κ2) is 5.01. The Balaban J connectivity index is 1.85. The van der Waals surface area contributed by atoms with Crippen LogP contribution in [0.15, 0.2) is 42.2 Å². The highest BCUT2D eigenvalue weighted by molar-refractivity contribution is 5.67. The second-order valence-electron chi connectivity index (χ2n) is 4.76. The van der Waals surface area contributed by atoms with Crippen LogP contribution in [0.5, 0.6) is 0 Å². The van der Waals surface area contributed by atoms with E-state index in [2.05, 4.69) is 0 Å². The van der Waals surface area contributed by atoms with E-state index in [0.717, 1.165) is 5.56 Å². The van der Waals surface area contributed by atoms with Crippen LogP contribution in [0.3, 0.4) is 0 Å². The van der Waals surface area contributed by atoms with Gasteiger partial charge in [-0.2, -0.15) is 0 Å². The third-order valence-electron chi connectivity index (χ3n) is 3.42. The van der Waals surface area contributed by atoms with Gasteiger partial charge >= 0.3 is 11.9 Å². The highest BCUT2D eigenvalue weighted by atomic mass is 16.9. The van der Waals surface area contributed by atoms with E-state index in [4.69, 9.17) is 18.9 Å². The summed E-state index contributed by atoms with van der Waals surface area (Å²) in [6.45, 7) is 1.37. The molecule has 1 aromatic carbocycles. The van der Waals surface area contributed by atoms with Crippen LogP contribution in [-0.4, -0.2) is 25.3 Å². The zero-order valence-electron chi connectivity index (χ0n) is 11.4. The van der Waals surface area contributed by atoms with E-state index in [1.54, 1.807) is 0 Å². The minimum Gasteiger partial charge on any atom is -0.429 e. The van der Waals surface area contributed by atoms with Crippen LogP contribution in [0.2, 0.25) is 0 Å². The van der Waals surface area contributed by atoms with Crippen LogP contribution in [0, 0.1) is 0 Å². The molecule has 0 aromatic heterocycles. The van der Waals surface area contributed by atoms with Gasteiger partial charge in [0.25, 0.3) is 0 Å². The highest BCUT2D eigenvalue weighted by Crippen LogP contribution is 2.44. The van der Waals surface area contributed by atoms with Gasteiger partial charge in [0.2, 0.25) is 0 Å². The number of hydrogen-bond donors (Lipinski definition) is 0. The molecule has 20 heavy (non-hydrogen) atoms. The van der Waals surface area contributed by atoms with Crippen molar-refractivity contribution in [3.8, 4) is 0 Å². The first-order chi connectivity index (χ1) is 9.64. The zero-order chi connectivity index (χ0) is 14.2. The summed E-state index contributed by atoms with van der Waals surface area (Å²) >= 11 is 0. The average Bonchev–Trinajstić information content (AvgIpc) is 2.99. The Kier molecular flexibility index (Phi) is 3.33. The zero-order valence-corrected chi connectivity index (χ0v) is 11.4. The summed E-state index contributed by atoms with van der Waals surface area (Å²) in [6, 6.07) is 9.44. The fraction of sp³-hybridized carbons (Fsp3) is 0.400. The van der Waals surface area contributed by atoms with Gasteiger partial charge in [0, 0.05) is 19.6 Å². The fourth-order valence-corrected chi connectivity index (χ4v) is 2.55. The molecule has 3 unspecified atom stereocenters. The molecule has 0 amide bonds. The molecule has 1 aliphatic heterocycles. The molecular weight excluding hydrogens is 260 g/mol. The number of ether oxygens (including phenoxy) is 4. The molecule has 0 saturated carbocycles. The van der Waals surface area contributed by atoms with Gasteiger partial charge in [0.05, 0.1) is 0 Å². The topological polar surface area (TPSA) is 54.0 Å². The Morgan fingerprint density at radius 1 is 1.30 bits per heavy atom. The molecule has 0 spiro atoms. The Bertz CT molecular complexity index is 538. The molecule has 0 bridgehead atoms. The van der Waals surface area contributed by atoms with Gasteiger partial charge in [0.15, 0.2) is 0 Å². The number of methoxy groups -OCH3 is 1. The Morgan fingerprint density at radius 2 is 2.05 bits per heavy atom. The highest BCUT2D eigenvalue weighted by Gasteiger charge is 2.53. The molecule has 3 atom stereocenters. The minimum atomic E-state index is -1.24. The Labute approximate surface area is 117 Å². The molecule has 0 radical (unpaired) electrons. The lowest BCUT2D eigenvalue weighted by Gasteiger charge is -2.26. The summed E-state index contributed by atoms with van der Waals surface area (Å²) < 4.78 is 22.5. The number of rotatable bonds is 3. The summed E-state index contributed by atoms with van der Waals surface area (Å²) in [5, 5.41) is 0. The van der Waals surface area contributed by atoms with Crippen molar-refractivity contribution in [3.05, 3.63) is 47.7 Å². The SMILES string of the molecule is COC1(c2ccccc2)OC2CC=C(OC(C)=O)C2O1. The van der Waals surface area contributed by atoms with Gasteiger partial charge in [-0.1, -0.05) is 30.3 Å². The standard InChI is InChI=1S/C15H16O5/c1-10(16)18-12-8-9-13-14(12)20-15(17-2,19-13)11-6-4-3-5-7-11/h3-8,13-14H,9H2,1-2H3. The first-order valence-corrected chi connectivity index (χ1v) is 6.49. The van der Waals surface area contributed by atoms with Crippen molar-refractivity contribution in [1.82, 2.24) is 0 Å². The van der Waals surface area contributed by atoms with Crippen LogP contribution in [0.1, 0.15) is 18.9 Å². The number of benzene rings is 1. The first kappa shape index (κ1) is 13.3. The molecule has 1 aromatic rings. The normalized spacial score (nSPS) is 31.8. The van der Waals surface area contributed by atoms with Crippen LogP contribution >= 0.6 is 0 Å². The molecule has 2 aliphatic rings. The molecule has 1 heterocycles. The molecular formula is C15H16O5. The third kappa shape index (κ3) is 2.14. The largest absolute Gasteiger partial charge is 0.429 e. The van der Waals surface area contributed by atoms with Crippen molar-refractivity contribution < 1.29 is 23.7 Å². The lowest BCUT2D eigenvalue weighted by atomic mass is 10.2. The maximum atomic E-state index is 11.1. The minimum absolute atomic E-state index is 0.204. The molecule has 0 N–H and O–H groups in total. The number of carbonyl (C=O) groups excluding carboxylic acids is 1. The number of carbonyl (C=O) groups is 1. The van der Waals surface area contributed by atoms with Gasteiger partial charge in [-0.05, 0) is 12.5 Å². The first-order valence-electron chi connectivity index (χ1n) is 6.49. The van der Waals surface area contributed by atoms with E-state index in [1.807, 2.05) is 36.4 Å². The van der Waals surface area contributed by atoms with Crippen molar-refractivity contribution in [2.45, 2.75) is 31.5 Å². The molecule has 1 fully saturated rings. The van der Waals surface area contributed by atoms with Crippen LogP contribution < -0.4 is 0 Å². The van der Waals surface area contributed by atoms with Crippen molar-refractivity contribution in [2.24, 2.45) is 0 Å². The number of hydrogen-bond acceptors (Lipinski definition) is 5. The Morgan fingerprint density at radius 3 is 2.70 bits per heavy atom. The summed E-state index contributed by atoms with van der Waals surface area (Å²) in [7, 11) is 1.53. The molecule has 1 aliphatic carbocycles. The smallest absolute Gasteiger partial charge is 0.312 e. The summed E-state index contributed by atoms with van der Waals surface area (Å²) in [5.74, 6) is -1.11. The van der Waals surface area contributed by atoms with Gasteiger partial charge in [-0.3, -0.25) is 4.79 Å². The quantitative estimate of drug-likeness (QED) is 0.791. The summed E-state index contributed by atoms with van der Waals surface area (Å²) in [4.78, 5) is 11.1. The predicted octanol–water partition coefficient (Wildman–Crippen LogP) is 2.08. The fourth-order valence-electron chi connectivity index (χ4n) is 2.55. The van der Waals surface area contributed by atoms with Crippen molar-refractivity contribution in [1.29, 1.82) is 0 Å². The monoisotopic (exact) mass is 276 g/mol. The number of fused-ring (bicyclic) bond motifs is 1. The van der Waals surface area contributed by atoms with Crippen LogP contribution in [0.4, 0.5) is 0 Å². The summed E-state index contributed by atoms with van der Waals surface area (Å²) in [6.07, 6.45) is 1.83. The van der Waals surface area contributed by atoms with Crippen LogP contribution in [-0.2, 0) is 29.7 Å². The lowest BCUT2D eigenvalue weighted by Crippen LogP contribution is -2.31. The van der Waals surface area contributed by atoms with E-state index >= 15 is 0 Å². The average molecular weight is 276 g/mol. The van der Waals surface area contributed by atoms with Crippen molar-refractivity contribution in [3.63, 3.8) is 0 Å². The number of esters is 1. The summed E-state index contributed by atoms with van der Waals surface area (Å²) in [5.41, 5.74) is 0.777. The molecule has 1 saturated heterocycles. The van der Waals surface area contributed by atoms with E-state index < -0.39 is 12.1 Å². The predicted molar refractivity (Wildman–Crippen MR) is 69.3 cm³/mol. The van der Waals surface area contributed by atoms with E-state index in [0.29, 0.717) is 12.2 Å². The van der Waals surface area contributed by atoms with Gasteiger partial charge < -0.3 is 18.9 Å². The second-order valence-corrected chi connectivity index (χ2v) is 4.76. The third-order valence-corrected chi connectivity index (χ3v) is 3.42. The molecule has 106 valence electrons. The van der Waals surface area contributed by atoms with Crippen LogP contribution in [0.25, 0.3) is 0 Å². The van der Waals surface area contributed by atoms with E-state index in [-0.39, 0.29) is 12.1 Å². The van der Waals surface area contributed by atoms with Crippen molar-refractivity contribution >= 4 is 5.97 Å². The van der Waals surface area contributed by atoms with Gasteiger partial charge in [-0.15, -0.1) is 0 Å². The maximum Gasteiger partial charge on any atom is 0.312 e. The van der Waals surface area contributed by atoms with Crippen molar-refractivity contribution in [2.75, 3.05) is 7.11 Å². The van der Waals surface area contributed by atoms with E-state index in [9.17, 15) is 4.79 Å². The Hall–Kier alpha value is -1.69. The van der Waals surface area contributed by atoms with Gasteiger partial charge in [-0.25, -0.2) is 0 Å². The van der Waals surface area contributed by atoms with Gasteiger partial charge in [0.1, 0.15) is 18.0 Å². The molecule has 5 nitrogen and oxygen atoms in total. The lowest BCUT2D eigenvalue weighted by molar-refractivity contribution is -0.343. The maximum absolute atomic E-state index is 11.1. The molecule has 5 heteroatoms. The molecule has 3 rings (SSSR count).